The lowest BCUT2D eigenvalue weighted by Crippen LogP contribution is -2.15. The largest absolute Gasteiger partial charge is 0.494 e. The molecule has 4 aromatic rings. The van der Waals surface area contributed by atoms with E-state index in [-0.39, 0.29) is 39.6 Å². The van der Waals surface area contributed by atoms with E-state index < -0.39 is 15.1 Å². The van der Waals surface area contributed by atoms with Crippen molar-refractivity contribution in [3.63, 3.8) is 0 Å². The highest BCUT2D eigenvalue weighted by molar-refractivity contribution is 7.92. The monoisotopic (exact) mass is 557 g/mol. The highest BCUT2D eigenvalue weighted by Crippen LogP contribution is 2.38. The van der Waals surface area contributed by atoms with E-state index in [0.29, 0.717) is 27.9 Å². The van der Waals surface area contributed by atoms with Gasteiger partial charge in [-0.1, -0.05) is 23.7 Å². The van der Waals surface area contributed by atoms with E-state index >= 15 is 0 Å². The van der Waals surface area contributed by atoms with Crippen molar-refractivity contribution in [3.05, 3.63) is 53.8 Å². The zero-order chi connectivity index (χ0) is 27.8. The summed E-state index contributed by atoms with van der Waals surface area (Å²) in [7, 11) is -3.58. The van der Waals surface area contributed by atoms with Gasteiger partial charge in [-0.15, -0.1) is 0 Å². The quantitative estimate of drug-likeness (QED) is 0.241. The molecule has 0 aliphatic heterocycles. The van der Waals surface area contributed by atoms with Crippen LogP contribution in [0.25, 0.3) is 10.8 Å². The number of para-hydroxylation sites is 1. The van der Waals surface area contributed by atoms with Crippen LogP contribution in [0.15, 0.2) is 53.7 Å². The molecule has 0 spiro atoms. The third kappa shape index (κ3) is 5.39. The smallest absolute Gasteiger partial charge is 0.230 e. The molecule has 10 nitrogen and oxygen atoms in total. The Hall–Kier alpha value is -3.83. The van der Waals surface area contributed by atoms with Crippen molar-refractivity contribution in [1.82, 2.24) is 14.5 Å². The maximum absolute atomic E-state index is 12.9. The number of ether oxygens (including phenoxy) is 1. The number of carbonyl (C=O) groups excluding carboxylic acids is 1. The number of anilines is 4. The van der Waals surface area contributed by atoms with Crippen molar-refractivity contribution in [2.75, 3.05) is 10.6 Å². The summed E-state index contributed by atoms with van der Waals surface area (Å²) >= 11 is 6.35. The second-order valence-corrected chi connectivity index (χ2v) is 12.1. The molecule has 12 heteroatoms. The zero-order valence-electron chi connectivity index (χ0n) is 21.5. The van der Waals surface area contributed by atoms with Crippen molar-refractivity contribution >= 4 is 61.3 Å². The van der Waals surface area contributed by atoms with Gasteiger partial charge in [0.2, 0.25) is 17.7 Å². The van der Waals surface area contributed by atoms with Gasteiger partial charge in [-0.2, -0.15) is 4.98 Å². The van der Waals surface area contributed by atoms with Crippen LogP contribution in [0, 0.1) is 0 Å². The minimum atomic E-state index is -3.58. The van der Waals surface area contributed by atoms with Crippen molar-refractivity contribution in [2.24, 2.45) is 0 Å². The Morgan fingerprint density at radius 2 is 1.82 bits per heavy atom. The number of rotatable bonds is 8. The van der Waals surface area contributed by atoms with Crippen molar-refractivity contribution in [3.8, 4) is 11.6 Å². The lowest BCUT2D eigenvalue weighted by molar-refractivity contribution is 0.0928. The normalized spacial score (nSPS) is 11.8. The van der Waals surface area contributed by atoms with E-state index in [1.54, 1.807) is 44.2 Å². The van der Waals surface area contributed by atoms with Gasteiger partial charge in [-0.25, -0.2) is 13.4 Å². The second-order valence-electron chi connectivity index (χ2n) is 9.17. The predicted molar refractivity (Wildman–Crippen MR) is 148 cm³/mol. The SMILES string of the molecule is CC(=O)n1cc2cc(OC(C)C)c(Nc3ncc(Cl)c(Nc4ccccc4S(=O)(=O)C(C)C)n3)cc2c1O. The van der Waals surface area contributed by atoms with Gasteiger partial charge < -0.3 is 20.5 Å². The Balaban J connectivity index is 1.74. The molecule has 38 heavy (non-hydrogen) atoms. The fourth-order valence-electron chi connectivity index (χ4n) is 3.75. The average Bonchev–Trinajstić information content (AvgIpc) is 3.16. The number of carbonyl (C=O) groups is 1. The molecule has 0 amide bonds. The van der Waals surface area contributed by atoms with Crippen molar-refractivity contribution in [1.29, 1.82) is 0 Å². The molecule has 0 aliphatic rings. The molecule has 0 saturated heterocycles. The van der Waals surface area contributed by atoms with Crippen LogP contribution in [-0.2, 0) is 9.84 Å². The highest BCUT2D eigenvalue weighted by Gasteiger charge is 2.23. The van der Waals surface area contributed by atoms with E-state index in [4.69, 9.17) is 16.3 Å². The third-order valence-electron chi connectivity index (χ3n) is 5.65. The number of hydrogen-bond donors (Lipinski definition) is 3. The van der Waals surface area contributed by atoms with Crippen LogP contribution < -0.4 is 15.4 Å². The third-order valence-corrected chi connectivity index (χ3v) is 8.14. The number of nitrogens with one attached hydrogen (secondary N) is 2. The zero-order valence-corrected chi connectivity index (χ0v) is 23.1. The average molecular weight is 558 g/mol. The first-order valence-electron chi connectivity index (χ1n) is 11.8. The number of sulfone groups is 1. The number of aromatic hydroxyl groups is 1. The van der Waals surface area contributed by atoms with Gasteiger partial charge in [-0.05, 0) is 52.0 Å². The van der Waals surface area contributed by atoms with Gasteiger partial charge in [0.15, 0.2) is 15.7 Å². The molecule has 200 valence electrons. The minimum absolute atomic E-state index is 0.128. The van der Waals surface area contributed by atoms with Crippen LogP contribution in [0.5, 0.6) is 11.6 Å². The van der Waals surface area contributed by atoms with Gasteiger partial charge in [0.05, 0.1) is 33.8 Å². The standard InChI is InChI=1S/C26H28ClN5O5S/c1-14(2)37-22-10-17-13-32(16(5)33)25(34)18(17)11-21(22)30-26-28-12-19(27)24(31-26)29-20-8-6-7-9-23(20)38(35,36)15(3)4/h6-15,34H,1-5H3,(H2,28,29,30,31). The first-order valence-corrected chi connectivity index (χ1v) is 13.8. The Morgan fingerprint density at radius 1 is 1.11 bits per heavy atom. The number of hydrogen-bond acceptors (Lipinski definition) is 9. The summed E-state index contributed by atoms with van der Waals surface area (Å²) in [6.45, 7) is 8.32. The molecule has 0 aliphatic carbocycles. The molecule has 0 atom stereocenters. The number of aromatic nitrogens is 3. The molecular formula is C26H28ClN5O5S. The molecule has 0 unspecified atom stereocenters. The second kappa shape index (κ2) is 10.5. The summed E-state index contributed by atoms with van der Waals surface area (Å²) in [4.78, 5) is 20.7. The molecule has 3 N–H and O–H groups in total. The topological polar surface area (TPSA) is 135 Å². The lowest BCUT2D eigenvalue weighted by atomic mass is 10.2. The van der Waals surface area contributed by atoms with E-state index in [2.05, 4.69) is 20.6 Å². The minimum Gasteiger partial charge on any atom is -0.494 e. The Morgan fingerprint density at radius 3 is 2.47 bits per heavy atom. The van der Waals surface area contributed by atoms with E-state index in [0.717, 1.165) is 4.57 Å². The fraction of sp³-hybridized carbons (Fsp3) is 0.269. The van der Waals surface area contributed by atoms with E-state index in [1.807, 2.05) is 13.8 Å². The number of nitrogens with zero attached hydrogens (tertiary/aromatic N) is 3. The highest BCUT2D eigenvalue weighted by atomic mass is 35.5. The summed E-state index contributed by atoms with van der Waals surface area (Å²) in [5, 5.41) is 17.3. The molecule has 0 fully saturated rings. The summed E-state index contributed by atoms with van der Waals surface area (Å²) in [5.41, 5.74) is 0.771. The molecule has 2 heterocycles. The van der Waals surface area contributed by atoms with Crippen LogP contribution in [-0.4, -0.2) is 45.3 Å². The Labute approximate surface area is 225 Å². The molecule has 2 aromatic carbocycles. The summed E-state index contributed by atoms with van der Waals surface area (Å²) < 4.78 is 32.8. The maximum Gasteiger partial charge on any atom is 0.230 e. The van der Waals surface area contributed by atoms with Crippen LogP contribution in [0.3, 0.4) is 0 Å². The molecule has 2 aromatic heterocycles. The molecular weight excluding hydrogens is 530 g/mol. The molecule has 0 saturated carbocycles. The first-order chi connectivity index (χ1) is 17.9. The van der Waals surface area contributed by atoms with Gasteiger partial charge in [0.1, 0.15) is 10.8 Å². The predicted octanol–water partition coefficient (Wildman–Crippen LogP) is 5.91. The summed E-state index contributed by atoms with van der Waals surface area (Å²) in [6, 6.07) is 9.86. The first kappa shape index (κ1) is 27.2. The molecule has 0 bridgehead atoms. The fourth-order valence-corrected chi connectivity index (χ4v) is 5.09. The van der Waals surface area contributed by atoms with Crippen LogP contribution in [0.2, 0.25) is 5.02 Å². The van der Waals surface area contributed by atoms with E-state index in [1.165, 1.54) is 25.4 Å². The van der Waals surface area contributed by atoms with Crippen LogP contribution in [0.4, 0.5) is 23.1 Å². The van der Waals surface area contributed by atoms with Crippen molar-refractivity contribution < 1.29 is 23.1 Å². The van der Waals surface area contributed by atoms with Crippen LogP contribution >= 0.6 is 11.6 Å². The van der Waals surface area contributed by atoms with Crippen LogP contribution in [0.1, 0.15) is 39.4 Å². The van der Waals surface area contributed by atoms with Crippen molar-refractivity contribution in [2.45, 2.75) is 50.9 Å². The summed E-state index contributed by atoms with van der Waals surface area (Å²) in [6.07, 6.45) is 2.75. The van der Waals surface area contributed by atoms with E-state index in [9.17, 15) is 18.3 Å². The number of fused-ring (bicyclic) bond motifs is 1. The van der Waals surface area contributed by atoms with Gasteiger partial charge >= 0.3 is 0 Å². The summed E-state index contributed by atoms with van der Waals surface area (Å²) in [5.74, 6) is 0.243. The van der Waals surface area contributed by atoms with Gasteiger partial charge in [0, 0.05) is 23.9 Å². The Kier molecular flexibility index (Phi) is 7.52. The van der Waals surface area contributed by atoms with Gasteiger partial charge in [0.25, 0.3) is 0 Å². The van der Waals surface area contributed by atoms with Gasteiger partial charge in [-0.3, -0.25) is 9.36 Å². The Bertz CT molecular complexity index is 1630. The molecule has 4 rings (SSSR count). The number of benzene rings is 2. The lowest BCUT2D eigenvalue weighted by Gasteiger charge is -2.17. The number of halogens is 1. The molecule has 0 radical (unpaired) electrons. The maximum atomic E-state index is 12.9.